The lowest BCUT2D eigenvalue weighted by atomic mass is 9.83. The summed E-state index contributed by atoms with van der Waals surface area (Å²) < 4.78 is 13.0. The van der Waals surface area contributed by atoms with Crippen LogP contribution in [0.5, 0.6) is 0 Å². The van der Waals surface area contributed by atoms with Gasteiger partial charge in [0.1, 0.15) is 5.82 Å². The molecule has 1 amide bonds. The van der Waals surface area contributed by atoms with E-state index in [9.17, 15) is 9.18 Å². The number of nitrogens with one attached hydrogen (secondary N) is 1. The summed E-state index contributed by atoms with van der Waals surface area (Å²) in [7, 11) is 0. The summed E-state index contributed by atoms with van der Waals surface area (Å²) in [6.45, 7) is 2.48. The van der Waals surface area contributed by atoms with Gasteiger partial charge in [-0.3, -0.25) is 4.79 Å². The first-order valence-electron chi connectivity index (χ1n) is 7.83. The van der Waals surface area contributed by atoms with Crippen LogP contribution in [0, 0.1) is 18.7 Å². The minimum absolute atomic E-state index is 0. The molecule has 1 saturated carbocycles. The third-order valence-electron chi connectivity index (χ3n) is 4.44. The second kappa shape index (κ2) is 9.11. The summed E-state index contributed by atoms with van der Waals surface area (Å²) in [5, 5.41) is 2.95. The number of amides is 1. The molecule has 0 spiro atoms. The smallest absolute Gasteiger partial charge is 0.220 e. The average molecular weight is 329 g/mol. The van der Waals surface area contributed by atoms with E-state index in [0.717, 1.165) is 30.4 Å². The van der Waals surface area contributed by atoms with Gasteiger partial charge in [0, 0.05) is 19.0 Å². The predicted molar refractivity (Wildman–Crippen MR) is 89.6 cm³/mol. The third kappa shape index (κ3) is 5.58. The Balaban J connectivity index is 0.00000242. The van der Waals surface area contributed by atoms with E-state index in [2.05, 4.69) is 5.32 Å². The highest BCUT2D eigenvalue weighted by molar-refractivity contribution is 5.85. The molecule has 1 aromatic rings. The molecular formula is C17H26ClFN2O. The van der Waals surface area contributed by atoms with Gasteiger partial charge in [0.15, 0.2) is 0 Å². The monoisotopic (exact) mass is 328 g/mol. The molecule has 0 bridgehead atoms. The fraction of sp³-hybridized carbons (Fsp3) is 0.588. The molecule has 3 nitrogen and oxygen atoms in total. The Morgan fingerprint density at radius 2 is 2.09 bits per heavy atom. The molecule has 124 valence electrons. The van der Waals surface area contributed by atoms with E-state index in [1.54, 1.807) is 6.07 Å². The first-order chi connectivity index (χ1) is 10.1. The van der Waals surface area contributed by atoms with Gasteiger partial charge in [0.25, 0.3) is 0 Å². The van der Waals surface area contributed by atoms with Gasteiger partial charge in [0.2, 0.25) is 5.91 Å². The zero-order chi connectivity index (χ0) is 15.2. The lowest BCUT2D eigenvalue weighted by molar-refractivity contribution is -0.122. The van der Waals surface area contributed by atoms with E-state index in [1.165, 1.54) is 25.0 Å². The SMILES string of the molecule is Cc1cc(F)ccc1CCNC(=O)CC1CCCCC1N.Cl. The first kappa shape index (κ1) is 18.9. The number of carbonyl (C=O) groups excluding carboxylic acids is 1. The summed E-state index contributed by atoms with van der Waals surface area (Å²) >= 11 is 0. The van der Waals surface area contributed by atoms with Crippen LogP contribution in [0.15, 0.2) is 18.2 Å². The van der Waals surface area contributed by atoms with Crippen molar-refractivity contribution in [3.05, 3.63) is 35.1 Å². The maximum absolute atomic E-state index is 13.0. The van der Waals surface area contributed by atoms with Crippen LogP contribution in [-0.2, 0) is 11.2 Å². The topological polar surface area (TPSA) is 55.1 Å². The number of halogens is 2. The molecule has 1 aliphatic carbocycles. The molecular weight excluding hydrogens is 303 g/mol. The van der Waals surface area contributed by atoms with Crippen LogP contribution in [0.2, 0.25) is 0 Å². The number of hydrogen-bond donors (Lipinski definition) is 2. The van der Waals surface area contributed by atoms with Crippen LogP contribution in [0.25, 0.3) is 0 Å². The Bertz CT molecular complexity index is 496. The number of carbonyl (C=O) groups is 1. The van der Waals surface area contributed by atoms with Crippen molar-refractivity contribution in [3.63, 3.8) is 0 Å². The van der Waals surface area contributed by atoms with Gasteiger partial charge in [-0.25, -0.2) is 4.39 Å². The Kier molecular flexibility index (Phi) is 7.83. The maximum Gasteiger partial charge on any atom is 0.220 e. The van der Waals surface area contributed by atoms with Gasteiger partial charge >= 0.3 is 0 Å². The second-order valence-electron chi connectivity index (χ2n) is 6.08. The molecule has 1 aliphatic rings. The predicted octanol–water partition coefficient (Wildman–Crippen LogP) is 3.12. The first-order valence-corrected chi connectivity index (χ1v) is 7.83. The van der Waals surface area contributed by atoms with Crippen LogP contribution in [0.1, 0.15) is 43.2 Å². The fourth-order valence-electron chi connectivity index (χ4n) is 3.08. The number of rotatable bonds is 5. The normalized spacial score (nSPS) is 21.0. The van der Waals surface area contributed by atoms with Gasteiger partial charge in [-0.15, -0.1) is 12.4 Å². The van der Waals surface area contributed by atoms with Crippen molar-refractivity contribution in [2.24, 2.45) is 11.7 Å². The average Bonchev–Trinajstić information content (AvgIpc) is 2.44. The molecule has 0 heterocycles. The molecule has 0 radical (unpaired) electrons. The van der Waals surface area contributed by atoms with Crippen molar-refractivity contribution in [2.45, 2.75) is 51.5 Å². The number of aryl methyl sites for hydroxylation is 1. The quantitative estimate of drug-likeness (QED) is 0.872. The number of nitrogens with two attached hydrogens (primary N) is 1. The van der Waals surface area contributed by atoms with E-state index in [-0.39, 0.29) is 30.2 Å². The van der Waals surface area contributed by atoms with Gasteiger partial charge in [-0.2, -0.15) is 0 Å². The van der Waals surface area contributed by atoms with Crippen molar-refractivity contribution in [2.75, 3.05) is 6.54 Å². The molecule has 1 fully saturated rings. The molecule has 0 aromatic heterocycles. The second-order valence-corrected chi connectivity index (χ2v) is 6.08. The van der Waals surface area contributed by atoms with Crippen LogP contribution in [0.3, 0.4) is 0 Å². The molecule has 0 saturated heterocycles. The van der Waals surface area contributed by atoms with Crippen molar-refractivity contribution in [1.29, 1.82) is 0 Å². The highest BCUT2D eigenvalue weighted by Gasteiger charge is 2.23. The van der Waals surface area contributed by atoms with Crippen LogP contribution in [-0.4, -0.2) is 18.5 Å². The summed E-state index contributed by atoms with van der Waals surface area (Å²) in [4.78, 5) is 12.0. The van der Waals surface area contributed by atoms with Gasteiger partial charge in [-0.05, 0) is 55.4 Å². The molecule has 1 aromatic carbocycles. The Hall–Kier alpha value is -1.13. The largest absolute Gasteiger partial charge is 0.356 e. The minimum Gasteiger partial charge on any atom is -0.356 e. The van der Waals surface area contributed by atoms with Crippen molar-refractivity contribution in [3.8, 4) is 0 Å². The standard InChI is InChI=1S/C17H25FN2O.ClH/c1-12-10-15(18)7-6-13(12)8-9-20-17(21)11-14-4-2-3-5-16(14)19;/h6-7,10,14,16H,2-5,8-9,11,19H2,1H3,(H,20,21);1H. The summed E-state index contributed by atoms with van der Waals surface area (Å²) in [5.41, 5.74) is 8.07. The minimum atomic E-state index is -0.216. The summed E-state index contributed by atoms with van der Waals surface area (Å²) in [6.07, 6.45) is 5.72. The molecule has 2 unspecified atom stereocenters. The molecule has 3 N–H and O–H groups in total. The lowest BCUT2D eigenvalue weighted by Gasteiger charge is -2.27. The summed E-state index contributed by atoms with van der Waals surface area (Å²) in [5.74, 6) is 0.190. The zero-order valence-electron chi connectivity index (χ0n) is 13.1. The Labute approximate surface area is 138 Å². The Morgan fingerprint density at radius 3 is 2.77 bits per heavy atom. The van der Waals surface area contributed by atoms with E-state index < -0.39 is 0 Å². The highest BCUT2D eigenvalue weighted by atomic mass is 35.5. The van der Waals surface area contributed by atoms with Crippen LogP contribution >= 0.6 is 12.4 Å². The maximum atomic E-state index is 13.0. The molecule has 5 heteroatoms. The van der Waals surface area contributed by atoms with E-state index in [1.807, 2.05) is 6.92 Å². The zero-order valence-corrected chi connectivity index (χ0v) is 13.9. The molecule has 22 heavy (non-hydrogen) atoms. The van der Waals surface area contributed by atoms with Gasteiger partial charge < -0.3 is 11.1 Å². The van der Waals surface area contributed by atoms with Crippen LogP contribution in [0.4, 0.5) is 4.39 Å². The highest BCUT2D eigenvalue weighted by Crippen LogP contribution is 2.25. The number of benzene rings is 1. The van der Waals surface area contributed by atoms with E-state index >= 15 is 0 Å². The fourth-order valence-corrected chi connectivity index (χ4v) is 3.08. The van der Waals surface area contributed by atoms with Crippen molar-refractivity contribution >= 4 is 18.3 Å². The van der Waals surface area contributed by atoms with Gasteiger partial charge in [-0.1, -0.05) is 18.9 Å². The van der Waals surface area contributed by atoms with Crippen LogP contribution < -0.4 is 11.1 Å². The van der Waals surface area contributed by atoms with E-state index in [0.29, 0.717) is 18.9 Å². The summed E-state index contributed by atoms with van der Waals surface area (Å²) in [6, 6.07) is 4.95. The van der Waals surface area contributed by atoms with Gasteiger partial charge in [0.05, 0.1) is 0 Å². The Morgan fingerprint density at radius 1 is 1.36 bits per heavy atom. The van der Waals surface area contributed by atoms with E-state index in [4.69, 9.17) is 5.73 Å². The third-order valence-corrected chi connectivity index (χ3v) is 4.44. The van der Waals surface area contributed by atoms with Crippen molar-refractivity contribution < 1.29 is 9.18 Å². The molecule has 2 atom stereocenters. The molecule has 0 aliphatic heterocycles. The lowest BCUT2D eigenvalue weighted by Crippen LogP contribution is -2.37. The molecule has 2 rings (SSSR count). The number of hydrogen-bond acceptors (Lipinski definition) is 2. The van der Waals surface area contributed by atoms with Crippen molar-refractivity contribution in [1.82, 2.24) is 5.32 Å².